The summed E-state index contributed by atoms with van der Waals surface area (Å²) in [5.41, 5.74) is 3.06. The molecule has 0 nitrogen and oxygen atoms in total. The van der Waals surface area contributed by atoms with Crippen LogP contribution >= 0.6 is 0 Å². The molecular formula is C14H24. The summed E-state index contributed by atoms with van der Waals surface area (Å²) in [5.74, 6) is 0.676. The third-order valence-electron chi connectivity index (χ3n) is 3.24. The Bertz CT molecular complexity index is 265. The Labute approximate surface area is 89.4 Å². The fourth-order valence-corrected chi connectivity index (χ4v) is 1.32. The van der Waals surface area contributed by atoms with Crippen molar-refractivity contribution in [3.63, 3.8) is 0 Å². The van der Waals surface area contributed by atoms with Crippen molar-refractivity contribution < 1.29 is 0 Å². The van der Waals surface area contributed by atoms with E-state index in [-0.39, 0.29) is 12.8 Å². The molecule has 0 aliphatic carbocycles. The van der Waals surface area contributed by atoms with E-state index in [0.717, 1.165) is 0 Å². The molecule has 0 aromatic heterocycles. The molecule has 0 radical (unpaired) electrons. The van der Waals surface area contributed by atoms with Gasteiger partial charge in [-0.1, -0.05) is 65.0 Å². The second-order valence-corrected chi connectivity index (χ2v) is 4.74. The van der Waals surface area contributed by atoms with Crippen LogP contribution < -0.4 is 0 Å². The van der Waals surface area contributed by atoms with Crippen LogP contribution in [-0.2, 0) is 5.41 Å². The van der Waals surface area contributed by atoms with Crippen LogP contribution in [0.4, 0.5) is 0 Å². The van der Waals surface area contributed by atoms with Crippen LogP contribution in [0.1, 0.15) is 46.2 Å². The maximum Gasteiger partial charge on any atom is -0.00806 e. The lowest BCUT2D eigenvalue weighted by Crippen LogP contribution is -2.24. The normalized spacial score (nSPS) is 11.3. The monoisotopic (exact) mass is 192 g/mol. The maximum atomic E-state index is 2.31. The molecule has 0 spiro atoms. The van der Waals surface area contributed by atoms with Gasteiger partial charge in [0.05, 0.1) is 0 Å². The number of rotatable bonds is 2. The van der Waals surface area contributed by atoms with Crippen molar-refractivity contribution >= 4 is 0 Å². The van der Waals surface area contributed by atoms with Crippen molar-refractivity contribution in [1.82, 2.24) is 0 Å². The Morgan fingerprint density at radius 2 is 1.43 bits per heavy atom. The first-order valence-corrected chi connectivity index (χ1v) is 5.01. The predicted molar refractivity (Wildman–Crippen MR) is 65.8 cm³/mol. The quantitative estimate of drug-likeness (QED) is 0.644. The summed E-state index contributed by atoms with van der Waals surface area (Å²) < 4.78 is 0. The molecule has 0 saturated carbocycles. The Kier molecular flexibility index (Phi) is 4.38. The molecule has 0 amide bonds. The smallest absolute Gasteiger partial charge is 0.00806 e. The molecule has 0 fully saturated rings. The minimum absolute atomic E-state index is 0. The van der Waals surface area contributed by atoms with Crippen LogP contribution in [0.3, 0.4) is 0 Å². The van der Waals surface area contributed by atoms with E-state index in [1.165, 1.54) is 11.1 Å². The van der Waals surface area contributed by atoms with Gasteiger partial charge in [0.1, 0.15) is 0 Å². The molecule has 0 saturated heterocycles. The van der Waals surface area contributed by atoms with Crippen molar-refractivity contribution in [2.75, 3.05) is 0 Å². The SMILES string of the molecule is C.Cc1ccc(C(C)(C)C(C)C)cc1. The van der Waals surface area contributed by atoms with Crippen LogP contribution in [0.25, 0.3) is 0 Å². The number of hydrogen-bond acceptors (Lipinski definition) is 0. The van der Waals surface area contributed by atoms with Crippen molar-refractivity contribution in [3.8, 4) is 0 Å². The van der Waals surface area contributed by atoms with Crippen molar-refractivity contribution in [2.24, 2.45) is 5.92 Å². The standard InChI is InChI=1S/C13H20.CH4/c1-10(2)13(4,5)12-8-6-11(3)7-9-12;/h6-10H,1-5H3;1H4. The van der Waals surface area contributed by atoms with E-state index in [1.807, 2.05) is 0 Å². The minimum atomic E-state index is 0. The largest absolute Gasteiger partial charge is 0.0776 e. The van der Waals surface area contributed by atoms with Crippen LogP contribution in [0.2, 0.25) is 0 Å². The lowest BCUT2D eigenvalue weighted by molar-refractivity contribution is 0.372. The first-order valence-electron chi connectivity index (χ1n) is 5.01. The van der Waals surface area contributed by atoms with Gasteiger partial charge in [-0.3, -0.25) is 0 Å². The highest BCUT2D eigenvalue weighted by Gasteiger charge is 2.23. The highest BCUT2D eigenvalue weighted by Crippen LogP contribution is 2.31. The van der Waals surface area contributed by atoms with Crippen LogP contribution in [0, 0.1) is 12.8 Å². The molecular weight excluding hydrogens is 168 g/mol. The third-order valence-corrected chi connectivity index (χ3v) is 3.24. The van der Waals surface area contributed by atoms with E-state index in [0.29, 0.717) is 5.92 Å². The minimum Gasteiger partial charge on any atom is -0.0776 e. The van der Waals surface area contributed by atoms with Gasteiger partial charge < -0.3 is 0 Å². The predicted octanol–water partition coefficient (Wildman–Crippen LogP) is 4.56. The van der Waals surface area contributed by atoms with E-state index >= 15 is 0 Å². The van der Waals surface area contributed by atoms with Gasteiger partial charge in [0.2, 0.25) is 0 Å². The van der Waals surface area contributed by atoms with E-state index in [2.05, 4.69) is 58.9 Å². The Morgan fingerprint density at radius 3 is 1.79 bits per heavy atom. The van der Waals surface area contributed by atoms with Gasteiger partial charge in [-0.2, -0.15) is 0 Å². The highest BCUT2D eigenvalue weighted by molar-refractivity contribution is 5.27. The van der Waals surface area contributed by atoms with Crippen molar-refractivity contribution in [1.29, 1.82) is 0 Å². The Hall–Kier alpha value is -0.780. The number of hydrogen-bond donors (Lipinski definition) is 0. The molecule has 1 rings (SSSR count). The van der Waals surface area contributed by atoms with E-state index < -0.39 is 0 Å². The van der Waals surface area contributed by atoms with E-state index in [4.69, 9.17) is 0 Å². The Morgan fingerprint density at radius 1 is 1.00 bits per heavy atom. The molecule has 1 aromatic carbocycles. The van der Waals surface area contributed by atoms with Gasteiger partial charge in [-0.05, 0) is 23.8 Å². The Balaban J connectivity index is 0.00000169. The molecule has 0 atom stereocenters. The maximum absolute atomic E-state index is 2.31. The zero-order valence-corrected chi connectivity index (χ0v) is 9.39. The molecule has 0 unspecified atom stereocenters. The third kappa shape index (κ3) is 2.60. The average Bonchev–Trinajstić information content (AvgIpc) is 2.04. The van der Waals surface area contributed by atoms with Gasteiger partial charge in [-0.15, -0.1) is 0 Å². The first-order chi connectivity index (χ1) is 5.94. The van der Waals surface area contributed by atoms with Crippen LogP contribution in [0.5, 0.6) is 0 Å². The summed E-state index contributed by atoms with van der Waals surface area (Å²) in [4.78, 5) is 0. The van der Waals surface area contributed by atoms with E-state index in [9.17, 15) is 0 Å². The summed E-state index contributed by atoms with van der Waals surface area (Å²) in [5, 5.41) is 0. The molecule has 0 heteroatoms. The zero-order valence-electron chi connectivity index (χ0n) is 9.39. The number of aryl methyl sites for hydroxylation is 1. The summed E-state index contributed by atoms with van der Waals surface area (Å²) in [6, 6.07) is 8.88. The van der Waals surface area contributed by atoms with Gasteiger partial charge in [0, 0.05) is 0 Å². The molecule has 0 heterocycles. The van der Waals surface area contributed by atoms with E-state index in [1.54, 1.807) is 0 Å². The molecule has 0 bridgehead atoms. The molecule has 80 valence electrons. The number of benzene rings is 1. The second-order valence-electron chi connectivity index (χ2n) is 4.74. The lowest BCUT2D eigenvalue weighted by Gasteiger charge is -2.29. The summed E-state index contributed by atoms with van der Waals surface area (Å²) in [6.07, 6.45) is 0. The molecule has 1 aromatic rings. The summed E-state index contributed by atoms with van der Waals surface area (Å²) >= 11 is 0. The molecule has 0 aliphatic rings. The summed E-state index contributed by atoms with van der Waals surface area (Å²) in [7, 11) is 0. The molecule has 14 heavy (non-hydrogen) atoms. The van der Waals surface area contributed by atoms with Crippen molar-refractivity contribution in [3.05, 3.63) is 35.4 Å². The van der Waals surface area contributed by atoms with Gasteiger partial charge in [-0.25, -0.2) is 0 Å². The average molecular weight is 192 g/mol. The lowest BCUT2D eigenvalue weighted by atomic mass is 9.75. The molecule has 0 aliphatic heterocycles. The van der Waals surface area contributed by atoms with Gasteiger partial charge in [0.25, 0.3) is 0 Å². The highest BCUT2D eigenvalue weighted by atomic mass is 14.3. The topological polar surface area (TPSA) is 0 Å². The van der Waals surface area contributed by atoms with Gasteiger partial charge >= 0.3 is 0 Å². The van der Waals surface area contributed by atoms with Crippen LogP contribution in [0.15, 0.2) is 24.3 Å². The molecule has 0 N–H and O–H groups in total. The fourth-order valence-electron chi connectivity index (χ4n) is 1.32. The van der Waals surface area contributed by atoms with Crippen molar-refractivity contribution in [2.45, 2.75) is 47.5 Å². The van der Waals surface area contributed by atoms with Gasteiger partial charge in [0.15, 0.2) is 0 Å². The zero-order chi connectivity index (χ0) is 10.1. The summed E-state index contributed by atoms with van der Waals surface area (Å²) in [6.45, 7) is 11.3. The van der Waals surface area contributed by atoms with Crippen LogP contribution in [-0.4, -0.2) is 0 Å². The second kappa shape index (κ2) is 4.63. The fraction of sp³-hybridized carbons (Fsp3) is 0.571. The first kappa shape index (κ1) is 13.2.